The number of nitrogens with zero attached hydrogens (tertiary/aromatic N) is 1. The maximum Gasteiger partial charge on any atom is 0.127 e. The van der Waals surface area contributed by atoms with Gasteiger partial charge in [-0.15, -0.1) is 0 Å². The fourth-order valence-electron chi connectivity index (χ4n) is 5.52. The summed E-state index contributed by atoms with van der Waals surface area (Å²) in [6.45, 7) is 15.0. The lowest BCUT2D eigenvalue weighted by Crippen LogP contribution is -2.50. The van der Waals surface area contributed by atoms with Crippen LogP contribution in [0.4, 0.5) is 0 Å². The summed E-state index contributed by atoms with van der Waals surface area (Å²) in [4.78, 5) is -0.229. The molecule has 0 amide bonds. The maximum absolute atomic E-state index is 11.9. The van der Waals surface area contributed by atoms with Gasteiger partial charge in [0.2, 0.25) is 0 Å². The van der Waals surface area contributed by atoms with Gasteiger partial charge < -0.3 is 18.5 Å². The molecule has 0 heterocycles. The third-order valence-corrected chi connectivity index (χ3v) is 11.6. The van der Waals surface area contributed by atoms with Gasteiger partial charge in [0.25, 0.3) is 0 Å². The van der Waals surface area contributed by atoms with Crippen molar-refractivity contribution in [3.8, 4) is 11.5 Å². The van der Waals surface area contributed by atoms with Crippen molar-refractivity contribution in [2.75, 3.05) is 40.4 Å². The van der Waals surface area contributed by atoms with Crippen LogP contribution in [0.3, 0.4) is 0 Å². The van der Waals surface area contributed by atoms with Gasteiger partial charge >= 0.3 is 0 Å². The van der Waals surface area contributed by atoms with E-state index in [2.05, 4.69) is 27.7 Å². The largest absolute Gasteiger partial charge is 0.744 e. The van der Waals surface area contributed by atoms with E-state index in [1.807, 2.05) is 48.5 Å². The Balaban J connectivity index is 0.000000345. The lowest BCUT2D eigenvalue weighted by atomic mass is 10.1. The van der Waals surface area contributed by atoms with E-state index in [1.54, 1.807) is 32.4 Å². The van der Waals surface area contributed by atoms with Crippen LogP contribution in [0.1, 0.15) is 79.1 Å². The number of methoxy groups -OCH3 is 2. The summed E-state index contributed by atoms with van der Waals surface area (Å²) >= 11 is 0. The molecule has 0 saturated carbocycles. The fourth-order valence-corrected chi connectivity index (χ4v) is 9.25. The van der Waals surface area contributed by atoms with Crippen molar-refractivity contribution in [1.29, 1.82) is 0 Å². The Morgan fingerprint density at radius 3 is 1.27 bits per heavy atom. The zero-order valence-corrected chi connectivity index (χ0v) is 29.5. The highest BCUT2D eigenvalue weighted by Crippen LogP contribution is 2.41. The lowest BCUT2D eigenvalue weighted by Gasteiger charge is -2.39. The first-order valence-corrected chi connectivity index (χ1v) is 18.9. The van der Waals surface area contributed by atoms with E-state index in [1.165, 1.54) is 88.1 Å². The van der Waals surface area contributed by atoms with E-state index in [9.17, 15) is 13.0 Å². The van der Waals surface area contributed by atoms with E-state index >= 15 is 0 Å². The van der Waals surface area contributed by atoms with Crippen LogP contribution >= 0.6 is 7.92 Å². The summed E-state index contributed by atoms with van der Waals surface area (Å²) < 4.78 is 48.2. The molecule has 44 heavy (non-hydrogen) atoms. The van der Waals surface area contributed by atoms with E-state index < -0.39 is 18.0 Å². The molecule has 0 saturated heterocycles. The van der Waals surface area contributed by atoms with Crippen molar-refractivity contribution in [3.05, 3.63) is 72.8 Å². The number of para-hydroxylation sites is 2. The van der Waals surface area contributed by atoms with Crippen LogP contribution < -0.4 is 25.4 Å². The molecule has 0 bridgehead atoms. The minimum Gasteiger partial charge on any atom is -0.744 e. The highest BCUT2D eigenvalue weighted by Gasteiger charge is 2.27. The molecule has 0 radical (unpaired) electrons. The SMILES string of the molecule is CCCC[N+](CCCC)(CCCC)CCCC.COc1ccccc1P(c1ccccc1OC)c1ccccc1S(=O)(=O)[O-]. The van der Waals surface area contributed by atoms with Gasteiger partial charge in [-0.2, -0.15) is 0 Å². The van der Waals surface area contributed by atoms with Gasteiger partial charge in [-0.05, 0) is 51.8 Å². The average Bonchev–Trinajstić information content (AvgIpc) is 3.05. The minimum absolute atomic E-state index is 0.229. The van der Waals surface area contributed by atoms with Crippen molar-refractivity contribution in [2.45, 2.75) is 84.0 Å². The molecule has 0 aromatic heterocycles. The molecule has 0 aliphatic heterocycles. The monoisotopic (exact) mass is 643 g/mol. The number of benzene rings is 3. The molecular weight excluding hydrogens is 589 g/mol. The molecule has 8 heteroatoms. The molecule has 0 aliphatic rings. The van der Waals surface area contributed by atoms with Gasteiger partial charge in [-0.3, -0.25) is 0 Å². The highest BCUT2D eigenvalue weighted by atomic mass is 32.2. The Labute approximate surface area is 268 Å². The van der Waals surface area contributed by atoms with Gasteiger partial charge in [-0.1, -0.05) is 108 Å². The van der Waals surface area contributed by atoms with Crippen LogP contribution in [-0.4, -0.2) is 57.9 Å². The second kappa shape index (κ2) is 19.8. The normalized spacial score (nSPS) is 11.6. The fraction of sp³-hybridized carbons (Fsp3) is 0.500. The van der Waals surface area contributed by atoms with Crippen molar-refractivity contribution in [1.82, 2.24) is 0 Å². The number of hydrogen-bond acceptors (Lipinski definition) is 5. The molecule has 3 rings (SSSR count). The van der Waals surface area contributed by atoms with Crippen LogP contribution in [0.5, 0.6) is 11.5 Å². The summed E-state index contributed by atoms with van der Waals surface area (Å²) in [5, 5.41) is 2.04. The van der Waals surface area contributed by atoms with Crippen molar-refractivity contribution in [2.24, 2.45) is 0 Å². The summed E-state index contributed by atoms with van der Waals surface area (Å²) in [7, 11) is -2.94. The van der Waals surface area contributed by atoms with Crippen LogP contribution in [0.15, 0.2) is 77.7 Å². The molecule has 3 aromatic rings. The first kappa shape index (κ1) is 37.7. The number of hydrogen-bond donors (Lipinski definition) is 0. The van der Waals surface area contributed by atoms with Crippen molar-refractivity contribution >= 4 is 34.0 Å². The van der Waals surface area contributed by atoms with Crippen molar-refractivity contribution < 1.29 is 26.9 Å². The smallest absolute Gasteiger partial charge is 0.127 e. The first-order chi connectivity index (χ1) is 21.2. The Hall–Kier alpha value is -2.44. The molecule has 0 fully saturated rings. The number of quaternary nitrogens is 1. The summed E-state index contributed by atoms with van der Waals surface area (Å²) in [5.74, 6) is 1.24. The number of ether oxygens (including phenoxy) is 2. The Kier molecular flexibility index (Phi) is 17.0. The Bertz CT molecular complexity index is 1260. The molecule has 0 unspecified atom stereocenters. The average molecular weight is 644 g/mol. The Morgan fingerprint density at radius 2 is 0.932 bits per heavy atom. The highest BCUT2D eigenvalue weighted by molar-refractivity contribution is 7.88. The summed E-state index contributed by atoms with van der Waals surface area (Å²) in [6.07, 6.45) is 11.1. The zero-order valence-electron chi connectivity index (χ0n) is 27.8. The first-order valence-electron chi connectivity index (χ1n) is 16.2. The molecular formula is C36H54NO5PS. The molecule has 0 atom stereocenters. The molecule has 0 spiro atoms. The quantitative estimate of drug-likeness (QED) is 0.0822. The van der Waals surface area contributed by atoms with Gasteiger partial charge in [0.15, 0.2) is 0 Å². The lowest BCUT2D eigenvalue weighted by molar-refractivity contribution is -0.929. The molecule has 0 aliphatic carbocycles. The standard InChI is InChI=1S/C20H19O5PS.C16H36N/c1-24-15-9-3-5-11-17(15)26(18-12-6-4-10-16(18)25-2)19-13-7-8-14-20(19)27(21,22)23;1-5-9-13-17(14-10-6-2,15-11-7-3)16-12-8-4/h3-14H,1-2H3,(H,21,22,23);5-16H2,1-4H3/q;+1/p-1. The predicted molar refractivity (Wildman–Crippen MR) is 186 cm³/mol. The Morgan fingerprint density at radius 1 is 0.591 bits per heavy atom. The minimum atomic E-state index is -4.65. The van der Waals surface area contributed by atoms with Gasteiger partial charge in [0.1, 0.15) is 21.6 Å². The van der Waals surface area contributed by atoms with Gasteiger partial charge in [0, 0.05) is 15.9 Å². The number of unbranched alkanes of at least 4 members (excludes halogenated alkanes) is 4. The third-order valence-electron chi connectivity index (χ3n) is 7.97. The third kappa shape index (κ3) is 11.2. The maximum atomic E-state index is 11.9. The molecule has 244 valence electrons. The topological polar surface area (TPSA) is 75.7 Å². The summed E-state index contributed by atoms with van der Waals surface area (Å²) in [5.41, 5.74) is 0. The van der Waals surface area contributed by atoms with Crippen LogP contribution in [0.2, 0.25) is 0 Å². The molecule has 3 aromatic carbocycles. The number of rotatable bonds is 18. The zero-order chi connectivity index (χ0) is 32.4. The second-order valence-corrected chi connectivity index (χ2v) is 14.7. The van der Waals surface area contributed by atoms with E-state index in [0.29, 0.717) is 16.8 Å². The van der Waals surface area contributed by atoms with Crippen LogP contribution in [0.25, 0.3) is 0 Å². The van der Waals surface area contributed by atoms with Gasteiger partial charge in [-0.25, -0.2) is 8.42 Å². The van der Waals surface area contributed by atoms with Gasteiger partial charge in [0.05, 0.1) is 45.3 Å². The van der Waals surface area contributed by atoms with E-state index in [-0.39, 0.29) is 4.90 Å². The van der Waals surface area contributed by atoms with Crippen LogP contribution in [-0.2, 0) is 10.1 Å². The summed E-state index contributed by atoms with van der Waals surface area (Å²) in [6, 6.07) is 21.1. The molecule has 6 nitrogen and oxygen atoms in total. The van der Waals surface area contributed by atoms with E-state index in [4.69, 9.17) is 9.47 Å². The molecule has 0 N–H and O–H groups in total. The predicted octanol–water partition coefficient (Wildman–Crippen LogP) is 7.37. The van der Waals surface area contributed by atoms with Crippen LogP contribution in [0, 0.1) is 0 Å². The van der Waals surface area contributed by atoms with E-state index in [0.717, 1.165) is 10.6 Å². The second-order valence-electron chi connectivity index (χ2n) is 11.3. The van der Waals surface area contributed by atoms with Crippen molar-refractivity contribution in [3.63, 3.8) is 0 Å².